The summed E-state index contributed by atoms with van der Waals surface area (Å²) in [4.78, 5) is 32.2. The molecule has 9 rings (SSSR count). The predicted octanol–water partition coefficient (Wildman–Crippen LogP) is 4.30. The van der Waals surface area contributed by atoms with Crippen molar-refractivity contribution in [3.63, 3.8) is 0 Å². The molecular formula is C32H16N8O6PbS2. The molecule has 0 aliphatic carbocycles. The quantitative estimate of drug-likeness (QED) is 0.183. The van der Waals surface area contributed by atoms with E-state index < -0.39 is 35.4 Å². The summed E-state index contributed by atoms with van der Waals surface area (Å²) < 4.78 is 74.7. The van der Waals surface area contributed by atoms with Crippen molar-refractivity contribution in [1.82, 2.24) is 39.9 Å². The second-order valence-electron chi connectivity index (χ2n) is 11.0. The van der Waals surface area contributed by atoms with Gasteiger partial charge in [0.2, 0.25) is 0 Å². The molecule has 7 aromatic rings. The number of aromatic amines is 2. The molecule has 0 unspecified atom stereocenters. The summed E-state index contributed by atoms with van der Waals surface area (Å²) in [7, 11) is -11.0. The van der Waals surface area contributed by atoms with Gasteiger partial charge in [-0.3, -0.25) is 0 Å². The second kappa shape index (κ2) is 11.0. The first-order chi connectivity index (χ1) is 23.0. The minimum absolute atomic E-state index is 0. The SMILES string of the molecule is O=S(=O)([O-])c1ccc2c3nc4nc(nc5[nH]c(nc6nc(nc([nH]3)c2c1S(=O)(=O)[O-])-c1ccccc1-6)c1ccccc51)-c1ccccc1-4.[Pb+2]. The van der Waals surface area contributed by atoms with Gasteiger partial charge in [-0.2, -0.15) is 0 Å². The zero-order valence-electron chi connectivity index (χ0n) is 24.5. The van der Waals surface area contributed by atoms with Crippen molar-refractivity contribution in [3.05, 3.63) is 84.9 Å². The average molecular weight is 880 g/mol. The zero-order chi connectivity index (χ0) is 32.9. The molecule has 49 heavy (non-hydrogen) atoms. The van der Waals surface area contributed by atoms with E-state index >= 15 is 0 Å². The van der Waals surface area contributed by atoms with Gasteiger partial charge < -0.3 is 19.1 Å². The van der Waals surface area contributed by atoms with Gasteiger partial charge in [0, 0.05) is 43.8 Å². The van der Waals surface area contributed by atoms with Gasteiger partial charge in [0.05, 0.1) is 9.79 Å². The molecule has 17 heteroatoms. The molecule has 2 N–H and O–H groups in total. The third-order valence-corrected chi connectivity index (χ3v) is 10.1. The first-order valence-corrected chi connectivity index (χ1v) is 17.1. The van der Waals surface area contributed by atoms with Crippen molar-refractivity contribution < 1.29 is 25.9 Å². The molecule has 8 bridgehead atoms. The van der Waals surface area contributed by atoms with Gasteiger partial charge in [0.15, 0.2) is 23.3 Å². The van der Waals surface area contributed by atoms with E-state index in [0.29, 0.717) is 39.4 Å². The minimum atomic E-state index is -5.56. The summed E-state index contributed by atoms with van der Waals surface area (Å²) in [6.07, 6.45) is 0. The number of H-pyrrole nitrogens is 2. The third kappa shape index (κ3) is 4.93. The minimum Gasteiger partial charge on any atom is -0.744 e. The van der Waals surface area contributed by atoms with Crippen molar-refractivity contribution in [2.75, 3.05) is 0 Å². The van der Waals surface area contributed by atoms with Crippen LogP contribution in [-0.4, -0.2) is 93.1 Å². The Morgan fingerprint density at radius 2 is 0.837 bits per heavy atom. The number of nitrogens with zero attached hydrogens (tertiary/aromatic N) is 6. The first-order valence-electron chi connectivity index (χ1n) is 14.2. The fraction of sp³-hybridized carbons (Fsp3) is 0. The monoisotopic (exact) mass is 880 g/mol. The number of fused-ring (bicyclic) bond motifs is 20. The van der Waals surface area contributed by atoms with E-state index in [1.807, 2.05) is 36.4 Å². The fourth-order valence-electron chi connectivity index (χ4n) is 6.13. The fourth-order valence-corrected chi connectivity index (χ4v) is 8.07. The molecule has 3 aromatic heterocycles. The van der Waals surface area contributed by atoms with Gasteiger partial charge in [-0.05, 0) is 12.1 Å². The van der Waals surface area contributed by atoms with E-state index in [0.717, 1.165) is 16.8 Å². The van der Waals surface area contributed by atoms with E-state index in [-0.39, 0.29) is 61.5 Å². The van der Waals surface area contributed by atoms with Gasteiger partial charge >= 0.3 is 27.3 Å². The maximum Gasteiger partial charge on any atom is 2.00 e. The van der Waals surface area contributed by atoms with Crippen LogP contribution in [0.3, 0.4) is 0 Å². The zero-order valence-corrected chi connectivity index (χ0v) is 30.1. The van der Waals surface area contributed by atoms with Crippen LogP contribution < -0.4 is 0 Å². The van der Waals surface area contributed by atoms with Gasteiger partial charge in [0.1, 0.15) is 42.8 Å². The Kier molecular flexibility index (Phi) is 7.02. The van der Waals surface area contributed by atoms with Gasteiger partial charge in [0.25, 0.3) is 0 Å². The summed E-state index contributed by atoms with van der Waals surface area (Å²) in [5.74, 6) is 0.876. The van der Waals surface area contributed by atoms with E-state index in [9.17, 15) is 25.9 Å². The Labute approximate surface area is 296 Å². The summed E-state index contributed by atoms with van der Waals surface area (Å²) in [6.45, 7) is 0. The molecule has 4 aromatic carbocycles. The molecule has 0 fully saturated rings. The van der Waals surface area contributed by atoms with Crippen molar-refractivity contribution >= 4 is 91.7 Å². The van der Waals surface area contributed by atoms with Crippen molar-refractivity contribution in [1.29, 1.82) is 0 Å². The van der Waals surface area contributed by atoms with Crippen molar-refractivity contribution in [2.45, 2.75) is 9.79 Å². The molecular weight excluding hydrogens is 864 g/mol. The van der Waals surface area contributed by atoms with E-state index in [1.165, 1.54) is 6.07 Å². The number of hydrogen-bond acceptors (Lipinski definition) is 12. The Bertz CT molecular complexity index is 2980. The maximum absolute atomic E-state index is 12.7. The Balaban J connectivity index is 0.00000348. The van der Waals surface area contributed by atoms with Crippen molar-refractivity contribution in [2.24, 2.45) is 0 Å². The Morgan fingerprint density at radius 1 is 0.449 bits per heavy atom. The summed E-state index contributed by atoms with van der Waals surface area (Å²) in [5, 5.41) is 1.13. The standard InChI is InChI=1S/C32H18N8O6S2.Pb/c41-47(42,43)22-14-13-21-23(24(22)48(44,45)46)32-39-30-20-12-6-5-11-19(20)28(37-30)35-26-16-8-2-1-7-15(16)25(33-26)34-27-17-9-3-4-10-18(17)29(36-27)38-31(21)40-32;/h1-14H,(H,41,42,43)(H,44,45,46)(H2,33,34,35,36,37,38,39,40);/q;+2/p-2. The molecule has 0 spiro atoms. The average Bonchev–Trinajstić information content (AvgIpc) is 3.79. The Morgan fingerprint density at radius 3 is 1.27 bits per heavy atom. The van der Waals surface area contributed by atoms with Crippen LogP contribution in [0.2, 0.25) is 0 Å². The Hall–Kier alpha value is -5.02. The van der Waals surface area contributed by atoms with Crippen LogP contribution in [0.25, 0.3) is 89.7 Å². The number of nitrogens with one attached hydrogen (secondary N) is 2. The number of rotatable bonds is 2. The number of aromatic nitrogens is 8. The van der Waals surface area contributed by atoms with Crippen LogP contribution in [0.15, 0.2) is 94.7 Å². The first kappa shape index (κ1) is 31.3. The van der Waals surface area contributed by atoms with E-state index in [1.54, 1.807) is 36.4 Å². The molecule has 14 nitrogen and oxygen atoms in total. The molecule has 0 atom stereocenters. The molecule has 0 amide bonds. The second-order valence-corrected chi connectivity index (χ2v) is 13.6. The van der Waals surface area contributed by atoms with E-state index in [2.05, 4.69) is 19.9 Å². The molecule has 236 valence electrons. The summed E-state index contributed by atoms with van der Waals surface area (Å²) in [6, 6.07) is 23.8. The van der Waals surface area contributed by atoms with Gasteiger partial charge in [-0.1, -0.05) is 72.8 Å². The van der Waals surface area contributed by atoms with Crippen LogP contribution in [0.4, 0.5) is 0 Å². The van der Waals surface area contributed by atoms with Crippen LogP contribution in [0, 0.1) is 0 Å². The molecule has 0 saturated carbocycles. The largest absolute Gasteiger partial charge is 2.00 e. The number of hydrogen-bond donors (Lipinski definition) is 2. The predicted molar refractivity (Wildman–Crippen MR) is 178 cm³/mol. The topological polar surface area (TPSA) is 223 Å². The van der Waals surface area contributed by atoms with Gasteiger partial charge in [-0.25, -0.2) is 46.7 Å². The van der Waals surface area contributed by atoms with Crippen LogP contribution in [0.5, 0.6) is 0 Å². The summed E-state index contributed by atoms with van der Waals surface area (Å²) in [5.41, 5.74) is 3.08. The normalized spacial score (nSPS) is 12.4. The van der Waals surface area contributed by atoms with Gasteiger partial charge in [-0.15, -0.1) is 0 Å². The maximum atomic E-state index is 12.7. The molecule has 5 heterocycles. The molecule has 2 aliphatic rings. The molecule has 2 radical (unpaired) electrons. The molecule has 0 saturated heterocycles. The number of benzene rings is 4. The van der Waals surface area contributed by atoms with Crippen LogP contribution in [-0.2, 0) is 20.2 Å². The smallest absolute Gasteiger partial charge is 0.744 e. The van der Waals surface area contributed by atoms with E-state index in [4.69, 9.17) is 19.9 Å². The van der Waals surface area contributed by atoms with Crippen LogP contribution >= 0.6 is 0 Å². The third-order valence-electron chi connectivity index (χ3n) is 8.16. The summed E-state index contributed by atoms with van der Waals surface area (Å²) >= 11 is 0. The molecule has 2 aliphatic heterocycles. The van der Waals surface area contributed by atoms with Crippen molar-refractivity contribution in [3.8, 4) is 45.6 Å². The van der Waals surface area contributed by atoms with Crippen LogP contribution in [0.1, 0.15) is 0 Å².